The summed E-state index contributed by atoms with van der Waals surface area (Å²) >= 11 is 0. The highest BCUT2D eigenvalue weighted by Crippen LogP contribution is 2.47. The van der Waals surface area contributed by atoms with Gasteiger partial charge in [0.05, 0.1) is 13.6 Å². The molecule has 0 amide bonds. The summed E-state index contributed by atoms with van der Waals surface area (Å²) < 4.78 is 9.66. The van der Waals surface area contributed by atoms with E-state index >= 15 is 0 Å². The van der Waals surface area contributed by atoms with E-state index in [1.807, 2.05) is 0 Å². The van der Waals surface area contributed by atoms with Gasteiger partial charge in [-0.1, -0.05) is 62.5 Å². The van der Waals surface area contributed by atoms with Gasteiger partial charge in [-0.05, 0) is 63.0 Å². The number of rotatable bonds is 3. The van der Waals surface area contributed by atoms with Crippen LogP contribution in [-0.4, -0.2) is 29.2 Å². The lowest BCUT2D eigenvalue weighted by Gasteiger charge is -2.43. The molecule has 2 aliphatic heterocycles. The molecule has 4 aliphatic rings. The predicted octanol–water partition coefficient (Wildman–Crippen LogP) is 5.91. The Labute approximate surface area is 167 Å². The van der Waals surface area contributed by atoms with Gasteiger partial charge in [-0.2, -0.15) is 0 Å². The number of aryl methyl sites for hydroxylation is 1. The molecule has 1 aromatic rings. The number of para-hydroxylation sites is 1. The summed E-state index contributed by atoms with van der Waals surface area (Å²) in [5.74, 6) is 1.19. The van der Waals surface area contributed by atoms with Crippen LogP contribution in [0, 0.1) is 18.8 Å². The second-order valence-electron chi connectivity index (χ2n) is 9.41. The number of fused-ring (bicyclic) bond motifs is 1. The second-order valence-corrected chi connectivity index (χ2v) is 9.41. The molecule has 2 aliphatic carbocycles. The first-order valence-electron chi connectivity index (χ1n) is 11.9. The lowest BCUT2D eigenvalue weighted by atomic mass is 9.85. The molecule has 3 fully saturated rings. The number of benzene rings is 1. The molecule has 2 heteroatoms. The Morgan fingerprint density at radius 2 is 1.56 bits per heavy atom. The summed E-state index contributed by atoms with van der Waals surface area (Å²) in [5.41, 5.74) is 2.76. The molecule has 0 spiro atoms. The minimum absolute atomic E-state index is 0.370. The quantitative estimate of drug-likeness (QED) is 0.614. The van der Waals surface area contributed by atoms with Gasteiger partial charge in [0.15, 0.2) is 0 Å². The van der Waals surface area contributed by atoms with Crippen molar-refractivity contribution in [1.82, 2.24) is 4.90 Å². The predicted molar refractivity (Wildman–Crippen MR) is 114 cm³/mol. The van der Waals surface area contributed by atoms with E-state index in [1.165, 1.54) is 69.0 Å². The first kappa shape index (κ1) is 16.7. The zero-order chi connectivity index (χ0) is 19.3. The Morgan fingerprint density at radius 1 is 0.889 bits per heavy atom. The molecule has 2 nitrogen and oxygen atoms in total. The van der Waals surface area contributed by atoms with Crippen molar-refractivity contribution < 1.29 is 1.37 Å². The molecule has 4 atom stereocenters. The van der Waals surface area contributed by atoms with E-state index in [0.29, 0.717) is 30.1 Å². The number of anilines is 1. The largest absolute Gasteiger partial charge is 0.351 e. The lowest BCUT2D eigenvalue weighted by Crippen LogP contribution is -2.51. The summed E-state index contributed by atoms with van der Waals surface area (Å²) in [7, 11) is 0. The first-order valence-corrected chi connectivity index (χ1v) is 11.4. The zero-order valence-electron chi connectivity index (χ0n) is 18.1. The van der Waals surface area contributed by atoms with E-state index in [0.717, 1.165) is 0 Å². The fourth-order valence-electron chi connectivity index (χ4n) is 6.48. The third-order valence-corrected chi connectivity index (χ3v) is 7.83. The van der Waals surface area contributed by atoms with Crippen molar-refractivity contribution in [2.75, 3.05) is 4.90 Å². The highest BCUT2D eigenvalue weighted by atomic mass is 15.5. The molecule has 0 aromatic heterocycles. The SMILES string of the molecule is [2H]C1(C2CCCC2)C=CC2[C@H](C)N(c3ccccc3C)C(C3CCCCC3)N21. The van der Waals surface area contributed by atoms with Gasteiger partial charge >= 0.3 is 0 Å². The van der Waals surface area contributed by atoms with Crippen LogP contribution in [0.5, 0.6) is 0 Å². The number of hydrogen-bond acceptors (Lipinski definition) is 2. The van der Waals surface area contributed by atoms with Crippen LogP contribution < -0.4 is 4.90 Å². The second kappa shape index (κ2) is 7.28. The normalized spacial score (nSPS) is 38.5. The molecule has 146 valence electrons. The maximum atomic E-state index is 9.66. The highest BCUT2D eigenvalue weighted by molar-refractivity contribution is 5.57. The topological polar surface area (TPSA) is 6.48 Å². The van der Waals surface area contributed by atoms with E-state index in [9.17, 15) is 1.37 Å². The molecule has 0 bridgehead atoms. The Bertz CT molecular complexity index is 734. The lowest BCUT2D eigenvalue weighted by molar-refractivity contribution is 0.0968. The van der Waals surface area contributed by atoms with Gasteiger partial charge in [0.2, 0.25) is 0 Å². The van der Waals surface area contributed by atoms with Gasteiger partial charge in [0.25, 0.3) is 0 Å². The summed E-state index contributed by atoms with van der Waals surface area (Å²) in [6.45, 7) is 4.65. The van der Waals surface area contributed by atoms with Crippen molar-refractivity contribution in [3.05, 3.63) is 42.0 Å². The average Bonchev–Trinajstić information content (AvgIpc) is 3.42. The molecule has 0 radical (unpaired) electrons. The Morgan fingerprint density at radius 3 is 2.30 bits per heavy atom. The van der Waals surface area contributed by atoms with E-state index in [1.54, 1.807) is 0 Å². The van der Waals surface area contributed by atoms with Crippen LogP contribution in [0.4, 0.5) is 5.69 Å². The fourth-order valence-corrected chi connectivity index (χ4v) is 6.48. The molecule has 2 heterocycles. The molecule has 5 rings (SSSR count). The van der Waals surface area contributed by atoms with Gasteiger partial charge in [-0.25, -0.2) is 0 Å². The molecule has 27 heavy (non-hydrogen) atoms. The minimum Gasteiger partial charge on any atom is -0.351 e. The van der Waals surface area contributed by atoms with Crippen molar-refractivity contribution >= 4 is 5.69 Å². The van der Waals surface area contributed by atoms with Crippen molar-refractivity contribution in [2.24, 2.45) is 11.8 Å². The van der Waals surface area contributed by atoms with Crippen LogP contribution in [0.2, 0.25) is 0 Å². The molecular weight excluding hydrogens is 328 g/mol. The van der Waals surface area contributed by atoms with Gasteiger partial charge in [0.1, 0.15) is 0 Å². The van der Waals surface area contributed by atoms with E-state index in [2.05, 4.69) is 60.1 Å². The maximum Gasteiger partial charge on any atom is 0.0863 e. The molecule has 1 aromatic carbocycles. The van der Waals surface area contributed by atoms with Gasteiger partial charge < -0.3 is 4.90 Å². The van der Waals surface area contributed by atoms with Crippen molar-refractivity contribution in [3.8, 4) is 0 Å². The standard InChI is InChI=1S/C25H36N2/c1-18-10-6-9-15-22(18)26-19(2)23-16-17-24(20-11-7-8-12-20)27(23)25(26)21-13-4-3-5-14-21/h6,9-10,15-17,19-21,23-25H,3-5,7-8,11-14H2,1-2H3/t19-,23?,24?,25?/m0/s1/i24D. The van der Waals surface area contributed by atoms with Crippen LogP contribution in [0.1, 0.15) is 71.6 Å². The summed E-state index contributed by atoms with van der Waals surface area (Å²) in [6, 6.07) is 9.22. The Kier molecular flexibility index (Phi) is 4.49. The summed E-state index contributed by atoms with van der Waals surface area (Å²) in [6.07, 6.45) is 16.9. The smallest absolute Gasteiger partial charge is 0.0863 e. The summed E-state index contributed by atoms with van der Waals surface area (Å²) in [4.78, 5) is 5.38. The van der Waals surface area contributed by atoms with Crippen LogP contribution in [0.3, 0.4) is 0 Å². The molecule has 1 saturated heterocycles. The molecule has 2 saturated carbocycles. The third kappa shape index (κ3) is 2.95. The van der Waals surface area contributed by atoms with Crippen molar-refractivity contribution in [1.29, 1.82) is 0 Å². The van der Waals surface area contributed by atoms with Crippen LogP contribution in [0.25, 0.3) is 0 Å². The van der Waals surface area contributed by atoms with Crippen molar-refractivity contribution in [2.45, 2.75) is 95.9 Å². The number of hydrogen-bond donors (Lipinski definition) is 0. The Hall–Kier alpha value is -1.28. The number of nitrogens with zero attached hydrogens (tertiary/aromatic N) is 2. The van der Waals surface area contributed by atoms with Gasteiger partial charge in [0, 0.05) is 17.7 Å². The minimum atomic E-state index is -0.505. The van der Waals surface area contributed by atoms with E-state index in [4.69, 9.17) is 0 Å². The zero-order valence-corrected chi connectivity index (χ0v) is 17.1. The first-order chi connectivity index (χ1) is 13.6. The van der Waals surface area contributed by atoms with E-state index < -0.39 is 6.02 Å². The molecule has 0 N–H and O–H groups in total. The molecular formula is C25H36N2. The van der Waals surface area contributed by atoms with Crippen LogP contribution >= 0.6 is 0 Å². The summed E-state index contributed by atoms with van der Waals surface area (Å²) in [5, 5.41) is 0. The molecule has 3 unspecified atom stereocenters. The monoisotopic (exact) mass is 365 g/mol. The average molecular weight is 366 g/mol. The maximum absolute atomic E-state index is 9.66. The Balaban J connectivity index is 1.58. The van der Waals surface area contributed by atoms with Gasteiger partial charge in [-0.15, -0.1) is 0 Å². The van der Waals surface area contributed by atoms with Crippen LogP contribution in [0.15, 0.2) is 36.4 Å². The van der Waals surface area contributed by atoms with Crippen LogP contribution in [-0.2, 0) is 0 Å². The van der Waals surface area contributed by atoms with E-state index in [-0.39, 0.29) is 0 Å². The third-order valence-electron chi connectivity index (χ3n) is 7.83. The van der Waals surface area contributed by atoms with Crippen molar-refractivity contribution in [3.63, 3.8) is 0 Å². The highest BCUT2D eigenvalue weighted by Gasteiger charge is 2.53. The fraction of sp³-hybridized carbons (Fsp3) is 0.680. The van der Waals surface area contributed by atoms with Gasteiger partial charge in [-0.3, -0.25) is 4.90 Å².